The van der Waals surface area contributed by atoms with E-state index in [0.29, 0.717) is 37.2 Å². The van der Waals surface area contributed by atoms with Gasteiger partial charge in [-0.3, -0.25) is 13.9 Å². The predicted molar refractivity (Wildman–Crippen MR) is 170 cm³/mol. The first kappa shape index (κ1) is 38.2. The molecule has 48 heavy (non-hydrogen) atoms. The van der Waals surface area contributed by atoms with E-state index < -0.39 is 57.0 Å². The molecule has 3 aromatic carbocycles. The molecule has 10 nitrogen and oxygen atoms in total. The van der Waals surface area contributed by atoms with Crippen LogP contribution in [0, 0.1) is 11.6 Å². The molecule has 0 bridgehead atoms. The van der Waals surface area contributed by atoms with Crippen LogP contribution in [-0.4, -0.2) is 68.5 Å². The topological polar surface area (TPSA) is 148 Å². The Balaban J connectivity index is 0.00000201. The van der Waals surface area contributed by atoms with E-state index in [0.717, 1.165) is 9.87 Å². The molecule has 1 amide bonds. The highest BCUT2D eigenvalue weighted by molar-refractivity contribution is 7.92. The minimum atomic E-state index is -4.87. The number of alkyl halides is 3. The summed E-state index contributed by atoms with van der Waals surface area (Å²) in [5.41, 5.74) is -0.889. The molecule has 16 heteroatoms. The number of benzene rings is 3. The summed E-state index contributed by atoms with van der Waals surface area (Å²) in [4.78, 5) is 21.9. The number of anilines is 2. The van der Waals surface area contributed by atoms with Crippen LogP contribution in [0.2, 0.25) is 0 Å². The molecule has 0 aromatic heterocycles. The van der Waals surface area contributed by atoms with Gasteiger partial charge in [0.2, 0.25) is 10.0 Å². The first-order valence-corrected chi connectivity index (χ1v) is 16.6. The summed E-state index contributed by atoms with van der Waals surface area (Å²) >= 11 is 0. The number of halogens is 5. The summed E-state index contributed by atoms with van der Waals surface area (Å²) < 4.78 is 95.4. The average Bonchev–Trinajstić information content (AvgIpc) is 3.02. The molecule has 0 spiro atoms. The monoisotopic (exact) mass is 700 g/mol. The van der Waals surface area contributed by atoms with E-state index in [1.165, 1.54) is 18.2 Å². The second-order valence-electron chi connectivity index (χ2n) is 10.9. The molecule has 1 aliphatic rings. The summed E-state index contributed by atoms with van der Waals surface area (Å²) in [6, 6.07) is 13.0. The zero-order valence-corrected chi connectivity index (χ0v) is 26.8. The third-order valence-electron chi connectivity index (χ3n) is 7.40. The molecular formula is C32H37F5N4O6S. The van der Waals surface area contributed by atoms with Gasteiger partial charge in [0, 0.05) is 31.9 Å². The fraction of sp³-hybridized carbons (Fsp3) is 0.375. The number of carboxylic acid groups (broad SMARTS) is 1. The van der Waals surface area contributed by atoms with Crippen LogP contribution < -0.4 is 20.3 Å². The third kappa shape index (κ3) is 10.4. The van der Waals surface area contributed by atoms with Crippen LogP contribution in [0.4, 0.5) is 33.3 Å². The Morgan fingerprint density at radius 3 is 2.35 bits per heavy atom. The molecule has 0 radical (unpaired) electrons. The van der Waals surface area contributed by atoms with Crippen molar-refractivity contribution in [2.45, 2.75) is 51.1 Å². The summed E-state index contributed by atoms with van der Waals surface area (Å²) in [6.45, 7) is 1.69. The van der Waals surface area contributed by atoms with Crippen molar-refractivity contribution in [2.75, 3.05) is 35.0 Å². The van der Waals surface area contributed by atoms with Crippen molar-refractivity contribution in [3.8, 4) is 0 Å². The molecule has 0 saturated carbocycles. The van der Waals surface area contributed by atoms with Gasteiger partial charge in [0.1, 0.15) is 5.82 Å². The minimum absolute atomic E-state index is 0.0649. The summed E-state index contributed by atoms with van der Waals surface area (Å²) in [7, 11) is -3.79. The van der Waals surface area contributed by atoms with E-state index in [2.05, 4.69) is 16.0 Å². The molecule has 1 heterocycles. The zero-order chi connectivity index (χ0) is 35.5. The molecule has 1 fully saturated rings. The van der Waals surface area contributed by atoms with Crippen molar-refractivity contribution in [2.24, 2.45) is 0 Å². The maximum atomic E-state index is 15.9. The Labute approximate surface area is 275 Å². The minimum Gasteiger partial charge on any atom is -0.483 e. The molecular weight excluding hydrogens is 663 g/mol. The number of rotatable bonds is 12. The van der Waals surface area contributed by atoms with Crippen LogP contribution in [0.3, 0.4) is 0 Å². The SMILES string of the molecule is CCNc1cc(C(=O)N[C@@H](Cc2ccccc2)[C@H](O)CNCc2ccc(F)c(C(F)(F)F)c2)c(F)c(N2CCCCS2(=O)=O)c1.O=CO. The largest absolute Gasteiger partial charge is 0.483 e. The standard InChI is InChI=1S/C31H35F5N4O4S.CH2O2/c1-2-38-22-16-23(29(33)27(17-22)40-12-6-7-13-45(40,43)44)30(42)39-26(15-20-8-4-3-5-9-20)28(41)19-37-18-21-10-11-25(32)24(14-21)31(34,35)36;2-1-3/h3-5,8-11,14,16-17,26,28,37-38,41H,2,6-7,12-13,15,18-19H2,1H3,(H,39,42);1H,(H,2,3)/t26-,28+;/m0./s1. The number of carbonyl (C=O) groups is 2. The molecule has 3 aromatic rings. The Morgan fingerprint density at radius 2 is 1.73 bits per heavy atom. The first-order chi connectivity index (χ1) is 22.7. The number of sulfonamides is 1. The number of nitrogens with one attached hydrogen (secondary N) is 3. The van der Waals surface area contributed by atoms with Crippen molar-refractivity contribution >= 4 is 33.8 Å². The number of aliphatic hydroxyl groups excluding tert-OH is 1. The smallest absolute Gasteiger partial charge is 0.419 e. The summed E-state index contributed by atoms with van der Waals surface area (Å²) in [5, 5.41) is 26.5. The van der Waals surface area contributed by atoms with Crippen LogP contribution in [0.15, 0.2) is 60.7 Å². The van der Waals surface area contributed by atoms with Crippen molar-refractivity contribution in [3.05, 3.63) is 94.6 Å². The number of hydrogen-bond acceptors (Lipinski definition) is 7. The molecule has 4 rings (SSSR count). The Morgan fingerprint density at radius 1 is 1.04 bits per heavy atom. The van der Waals surface area contributed by atoms with Crippen LogP contribution in [0.5, 0.6) is 0 Å². The number of carbonyl (C=O) groups excluding carboxylic acids is 1. The number of hydrogen-bond donors (Lipinski definition) is 5. The van der Waals surface area contributed by atoms with E-state index in [1.54, 1.807) is 37.3 Å². The summed E-state index contributed by atoms with van der Waals surface area (Å²) in [6.07, 6.45) is -5.08. The van der Waals surface area contributed by atoms with Crippen LogP contribution in [0.25, 0.3) is 0 Å². The lowest BCUT2D eigenvalue weighted by atomic mass is 10.00. The quantitative estimate of drug-likeness (QED) is 0.137. The fourth-order valence-corrected chi connectivity index (χ4v) is 6.75. The highest BCUT2D eigenvalue weighted by Crippen LogP contribution is 2.33. The second-order valence-corrected chi connectivity index (χ2v) is 12.9. The number of nitrogens with zero attached hydrogens (tertiary/aromatic N) is 1. The maximum absolute atomic E-state index is 15.9. The molecule has 0 unspecified atom stereocenters. The van der Waals surface area contributed by atoms with Gasteiger partial charge in [0.15, 0.2) is 5.82 Å². The van der Waals surface area contributed by atoms with Gasteiger partial charge < -0.3 is 26.2 Å². The van der Waals surface area contributed by atoms with Gasteiger partial charge in [0.05, 0.1) is 34.7 Å². The van der Waals surface area contributed by atoms with Gasteiger partial charge >= 0.3 is 6.18 Å². The predicted octanol–water partition coefficient (Wildman–Crippen LogP) is 4.54. The number of amides is 1. The normalized spacial score (nSPS) is 15.4. The molecule has 1 saturated heterocycles. The molecule has 0 aliphatic carbocycles. The van der Waals surface area contributed by atoms with Crippen LogP contribution in [-0.2, 0) is 34.0 Å². The zero-order valence-electron chi connectivity index (χ0n) is 25.9. The summed E-state index contributed by atoms with van der Waals surface area (Å²) in [5.74, 6) is -3.46. The van der Waals surface area contributed by atoms with E-state index in [4.69, 9.17) is 9.90 Å². The van der Waals surface area contributed by atoms with Gasteiger partial charge in [-0.1, -0.05) is 36.4 Å². The highest BCUT2D eigenvalue weighted by atomic mass is 32.2. The lowest BCUT2D eigenvalue weighted by molar-refractivity contribution is -0.140. The van der Waals surface area contributed by atoms with Crippen LogP contribution in [0.1, 0.15) is 46.8 Å². The van der Waals surface area contributed by atoms with E-state index >= 15 is 4.39 Å². The van der Waals surface area contributed by atoms with Crippen molar-refractivity contribution in [1.29, 1.82) is 0 Å². The highest BCUT2D eigenvalue weighted by Gasteiger charge is 2.34. The van der Waals surface area contributed by atoms with Crippen molar-refractivity contribution in [1.82, 2.24) is 10.6 Å². The Bertz CT molecular complexity index is 1640. The van der Waals surface area contributed by atoms with Gasteiger partial charge in [-0.05, 0) is 61.6 Å². The molecule has 2 atom stereocenters. The van der Waals surface area contributed by atoms with Crippen molar-refractivity contribution in [3.63, 3.8) is 0 Å². The molecule has 1 aliphatic heterocycles. The van der Waals surface area contributed by atoms with E-state index in [9.17, 15) is 35.9 Å². The Hall–Kier alpha value is -4.28. The average molecular weight is 701 g/mol. The van der Waals surface area contributed by atoms with E-state index in [-0.39, 0.29) is 49.5 Å². The van der Waals surface area contributed by atoms with E-state index in [1.807, 2.05) is 0 Å². The maximum Gasteiger partial charge on any atom is 0.419 e. The van der Waals surface area contributed by atoms with Gasteiger partial charge in [-0.25, -0.2) is 17.2 Å². The van der Waals surface area contributed by atoms with Gasteiger partial charge in [-0.15, -0.1) is 0 Å². The van der Waals surface area contributed by atoms with Gasteiger partial charge in [-0.2, -0.15) is 13.2 Å². The Kier molecular flexibility index (Phi) is 13.7. The number of aliphatic hydroxyl groups is 1. The van der Waals surface area contributed by atoms with Crippen LogP contribution >= 0.6 is 0 Å². The third-order valence-corrected chi connectivity index (χ3v) is 9.25. The second kappa shape index (κ2) is 17.2. The fourth-order valence-electron chi connectivity index (χ4n) is 5.13. The molecule has 5 N–H and O–H groups in total. The van der Waals surface area contributed by atoms with Crippen molar-refractivity contribution < 1.29 is 50.2 Å². The first-order valence-electron chi connectivity index (χ1n) is 15.0. The van der Waals surface area contributed by atoms with Gasteiger partial charge in [0.25, 0.3) is 12.4 Å². The molecule has 262 valence electrons. The lowest BCUT2D eigenvalue weighted by Gasteiger charge is -2.30. The lowest BCUT2D eigenvalue weighted by Crippen LogP contribution is -2.49.